The normalized spacial score (nSPS) is 10.2. The molecule has 0 aliphatic carbocycles. The number of carbonyl (C=O) groups excluding carboxylic acids is 2. The molecule has 0 radical (unpaired) electrons. The molecule has 0 aliphatic rings. The van der Waals surface area contributed by atoms with Crippen LogP contribution in [0, 0.1) is 6.92 Å². The Morgan fingerprint density at radius 3 is 2.50 bits per heavy atom. The van der Waals surface area contributed by atoms with Crippen molar-refractivity contribution in [2.24, 2.45) is 0 Å². The summed E-state index contributed by atoms with van der Waals surface area (Å²) in [5.74, 6) is -0.301. The summed E-state index contributed by atoms with van der Waals surface area (Å²) < 4.78 is 0. The average molecular weight is 396 g/mol. The van der Waals surface area contributed by atoms with Gasteiger partial charge in [0, 0.05) is 35.2 Å². The fourth-order valence-electron chi connectivity index (χ4n) is 2.47. The molecule has 0 fully saturated rings. The van der Waals surface area contributed by atoms with Crippen molar-refractivity contribution in [3.63, 3.8) is 0 Å². The van der Waals surface area contributed by atoms with Gasteiger partial charge in [0.15, 0.2) is 0 Å². The van der Waals surface area contributed by atoms with Gasteiger partial charge in [-0.3, -0.25) is 9.59 Å². The number of hydrogen-bond donors (Lipinski definition) is 3. The van der Waals surface area contributed by atoms with Gasteiger partial charge < -0.3 is 16.0 Å². The number of aryl methyl sites for hydroxylation is 1. The van der Waals surface area contributed by atoms with E-state index >= 15 is 0 Å². The molecule has 0 saturated carbocycles. The molecule has 3 aromatic rings. The van der Waals surface area contributed by atoms with E-state index in [0.717, 1.165) is 11.3 Å². The zero-order valence-corrected chi connectivity index (χ0v) is 16.0. The smallest absolute Gasteiger partial charge is 0.274 e. The van der Waals surface area contributed by atoms with Gasteiger partial charge in [0.25, 0.3) is 5.91 Å². The maximum Gasteiger partial charge on any atom is 0.274 e. The number of benzene rings is 2. The molecule has 3 N–H and O–H groups in total. The first kappa shape index (κ1) is 19.3. The molecular weight excluding hydrogens is 378 g/mol. The minimum absolute atomic E-state index is 0.189. The first-order chi connectivity index (χ1) is 13.4. The SMILES string of the molecule is CC(=O)Nc1cccc(NC(=O)c2ccnc(Nc3cc(Cl)ccc3C)n2)c1. The van der Waals surface area contributed by atoms with Gasteiger partial charge in [-0.1, -0.05) is 23.7 Å². The number of halogens is 1. The second-order valence-electron chi connectivity index (χ2n) is 6.07. The maximum absolute atomic E-state index is 12.5. The molecule has 3 rings (SSSR count). The third kappa shape index (κ3) is 5.05. The predicted octanol–water partition coefficient (Wildman–Crippen LogP) is 4.39. The summed E-state index contributed by atoms with van der Waals surface area (Å²) in [4.78, 5) is 32.1. The van der Waals surface area contributed by atoms with Crippen molar-refractivity contribution in [2.45, 2.75) is 13.8 Å². The second-order valence-corrected chi connectivity index (χ2v) is 6.50. The quantitative estimate of drug-likeness (QED) is 0.595. The maximum atomic E-state index is 12.5. The molecule has 2 aromatic carbocycles. The van der Waals surface area contributed by atoms with Crippen molar-refractivity contribution < 1.29 is 9.59 Å². The van der Waals surface area contributed by atoms with Gasteiger partial charge in [0.05, 0.1) is 0 Å². The summed E-state index contributed by atoms with van der Waals surface area (Å²) in [5.41, 5.74) is 3.05. The highest BCUT2D eigenvalue weighted by molar-refractivity contribution is 6.30. The second kappa shape index (κ2) is 8.49. The Labute approximate surface area is 167 Å². The van der Waals surface area contributed by atoms with Crippen molar-refractivity contribution in [1.82, 2.24) is 9.97 Å². The third-order valence-electron chi connectivity index (χ3n) is 3.78. The minimum atomic E-state index is -0.395. The van der Waals surface area contributed by atoms with Gasteiger partial charge in [-0.2, -0.15) is 0 Å². The Kier molecular flexibility index (Phi) is 5.86. The summed E-state index contributed by atoms with van der Waals surface area (Å²) >= 11 is 6.03. The van der Waals surface area contributed by atoms with Crippen LogP contribution in [-0.2, 0) is 4.79 Å². The standard InChI is InChI=1S/C20H18ClN5O2/c1-12-6-7-14(21)10-18(12)26-20-22-9-8-17(25-20)19(28)24-16-5-3-4-15(11-16)23-13(2)27/h3-11H,1-2H3,(H,23,27)(H,24,28)(H,22,25,26). The van der Waals surface area contributed by atoms with Crippen molar-refractivity contribution in [2.75, 3.05) is 16.0 Å². The van der Waals surface area contributed by atoms with Crippen LogP contribution in [0.15, 0.2) is 54.7 Å². The number of anilines is 4. The molecule has 8 heteroatoms. The number of rotatable bonds is 5. The minimum Gasteiger partial charge on any atom is -0.326 e. The van der Waals surface area contributed by atoms with E-state index in [2.05, 4.69) is 25.9 Å². The first-order valence-electron chi connectivity index (χ1n) is 8.46. The highest BCUT2D eigenvalue weighted by Gasteiger charge is 2.11. The van der Waals surface area contributed by atoms with Gasteiger partial charge in [-0.15, -0.1) is 0 Å². The molecule has 0 saturated heterocycles. The highest BCUT2D eigenvalue weighted by atomic mass is 35.5. The lowest BCUT2D eigenvalue weighted by Gasteiger charge is -2.10. The van der Waals surface area contributed by atoms with Crippen LogP contribution in [0.1, 0.15) is 23.0 Å². The largest absolute Gasteiger partial charge is 0.326 e. The molecule has 0 atom stereocenters. The summed E-state index contributed by atoms with van der Waals surface area (Å²) in [6.45, 7) is 3.35. The van der Waals surface area contributed by atoms with E-state index in [0.29, 0.717) is 16.4 Å². The highest BCUT2D eigenvalue weighted by Crippen LogP contribution is 2.23. The average Bonchev–Trinajstić information content (AvgIpc) is 2.65. The Balaban J connectivity index is 1.75. The van der Waals surface area contributed by atoms with E-state index in [1.807, 2.05) is 13.0 Å². The lowest BCUT2D eigenvalue weighted by atomic mass is 10.2. The van der Waals surface area contributed by atoms with Crippen LogP contribution in [0.3, 0.4) is 0 Å². The van der Waals surface area contributed by atoms with Crippen molar-refractivity contribution in [3.05, 3.63) is 71.0 Å². The fourth-order valence-corrected chi connectivity index (χ4v) is 2.64. The van der Waals surface area contributed by atoms with E-state index in [1.165, 1.54) is 19.2 Å². The predicted molar refractivity (Wildman–Crippen MR) is 110 cm³/mol. The van der Waals surface area contributed by atoms with Crippen LogP contribution in [0.4, 0.5) is 23.0 Å². The van der Waals surface area contributed by atoms with Gasteiger partial charge in [0.1, 0.15) is 5.69 Å². The number of hydrogen-bond acceptors (Lipinski definition) is 5. The van der Waals surface area contributed by atoms with E-state index < -0.39 is 5.91 Å². The first-order valence-corrected chi connectivity index (χ1v) is 8.84. The zero-order chi connectivity index (χ0) is 20.1. The number of carbonyl (C=O) groups is 2. The molecule has 7 nitrogen and oxygen atoms in total. The zero-order valence-electron chi connectivity index (χ0n) is 15.3. The summed E-state index contributed by atoms with van der Waals surface area (Å²) in [5, 5.41) is 9.07. The van der Waals surface area contributed by atoms with Crippen LogP contribution < -0.4 is 16.0 Å². The van der Waals surface area contributed by atoms with Crippen LogP contribution >= 0.6 is 11.6 Å². The fraction of sp³-hybridized carbons (Fsp3) is 0.100. The number of aromatic nitrogens is 2. The van der Waals surface area contributed by atoms with Gasteiger partial charge in [-0.25, -0.2) is 9.97 Å². The number of nitrogens with one attached hydrogen (secondary N) is 3. The number of nitrogens with zero attached hydrogens (tertiary/aromatic N) is 2. The van der Waals surface area contributed by atoms with E-state index in [-0.39, 0.29) is 17.5 Å². The van der Waals surface area contributed by atoms with E-state index in [9.17, 15) is 9.59 Å². The Morgan fingerprint density at radius 1 is 1.00 bits per heavy atom. The van der Waals surface area contributed by atoms with E-state index in [4.69, 9.17) is 11.6 Å². The van der Waals surface area contributed by atoms with Gasteiger partial charge in [0.2, 0.25) is 11.9 Å². The molecule has 0 unspecified atom stereocenters. The molecule has 0 spiro atoms. The molecular formula is C20H18ClN5O2. The monoisotopic (exact) mass is 395 g/mol. The topological polar surface area (TPSA) is 96.0 Å². The Bertz CT molecular complexity index is 1040. The number of amides is 2. The van der Waals surface area contributed by atoms with Crippen molar-refractivity contribution >= 4 is 46.4 Å². The Hall–Kier alpha value is -3.45. The molecule has 1 heterocycles. The van der Waals surface area contributed by atoms with Gasteiger partial charge in [-0.05, 0) is 48.9 Å². The van der Waals surface area contributed by atoms with E-state index in [1.54, 1.807) is 36.4 Å². The molecule has 0 bridgehead atoms. The lowest BCUT2D eigenvalue weighted by molar-refractivity contribution is -0.114. The van der Waals surface area contributed by atoms with Crippen LogP contribution in [0.25, 0.3) is 0 Å². The van der Waals surface area contributed by atoms with Crippen LogP contribution in [-0.4, -0.2) is 21.8 Å². The molecule has 142 valence electrons. The molecule has 1 aromatic heterocycles. The molecule has 28 heavy (non-hydrogen) atoms. The van der Waals surface area contributed by atoms with Crippen molar-refractivity contribution in [3.8, 4) is 0 Å². The summed E-state index contributed by atoms with van der Waals surface area (Å²) in [6, 6.07) is 13.8. The Morgan fingerprint density at radius 2 is 1.75 bits per heavy atom. The third-order valence-corrected chi connectivity index (χ3v) is 4.01. The lowest BCUT2D eigenvalue weighted by Crippen LogP contribution is -2.15. The summed E-state index contributed by atoms with van der Waals surface area (Å²) in [7, 11) is 0. The van der Waals surface area contributed by atoms with Crippen LogP contribution in [0.5, 0.6) is 0 Å². The van der Waals surface area contributed by atoms with Crippen LogP contribution in [0.2, 0.25) is 5.02 Å². The molecule has 0 aliphatic heterocycles. The molecule has 2 amide bonds. The summed E-state index contributed by atoms with van der Waals surface area (Å²) in [6.07, 6.45) is 1.50. The van der Waals surface area contributed by atoms with Gasteiger partial charge >= 0.3 is 0 Å². The van der Waals surface area contributed by atoms with Crippen molar-refractivity contribution in [1.29, 1.82) is 0 Å².